The molecular weight excluding hydrogens is 246 g/mol. The topological polar surface area (TPSA) is 29.1 Å². The smallest absolute Gasteiger partial charge is 0.220 e. The van der Waals surface area contributed by atoms with Crippen LogP contribution in [0, 0.1) is 29.1 Å². The monoisotopic (exact) mass is 275 g/mol. The standard InChI is InChI=1S/C18H29NO/c1-18-11-3-2-4-12(18)5-6-13-14-7-10-17(20)19-16(14)9-8-15(13)18/h12-16H,2-11H2,1H3,(H,19,20). The number of piperidine rings is 1. The van der Waals surface area contributed by atoms with Crippen LogP contribution in [0.5, 0.6) is 0 Å². The second kappa shape index (κ2) is 4.74. The summed E-state index contributed by atoms with van der Waals surface area (Å²) in [5, 5.41) is 3.30. The molecule has 4 aliphatic rings. The largest absolute Gasteiger partial charge is 0.353 e. The van der Waals surface area contributed by atoms with Crippen LogP contribution in [0.15, 0.2) is 0 Å². The van der Waals surface area contributed by atoms with Crippen molar-refractivity contribution < 1.29 is 4.79 Å². The molecule has 1 heterocycles. The Morgan fingerprint density at radius 1 is 1.00 bits per heavy atom. The Morgan fingerprint density at radius 2 is 1.90 bits per heavy atom. The SMILES string of the molecule is CC12CCCCC1CCC1C3CCC(=O)NC3CCC12. The minimum Gasteiger partial charge on any atom is -0.353 e. The average molecular weight is 275 g/mol. The molecule has 1 amide bonds. The van der Waals surface area contributed by atoms with Crippen LogP contribution in [0.4, 0.5) is 0 Å². The summed E-state index contributed by atoms with van der Waals surface area (Å²) in [4.78, 5) is 11.7. The van der Waals surface area contributed by atoms with Crippen molar-refractivity contribution in [1.29, 1.82) is 0 Å². The van der Waals surface area contributed by atoms with Crippen LogP contribution in [0.3, 0.4) is 0 Å². The molecule has 1 saturated heterocycles. The highest BCUT2D eigenvalue weighted by Gasteiger charge is 2.53. The van der Waals surface area contributed by atoms with Gasteiger partial charge >= 0.3 is 0 Å². The highest BCUT2D eigenvalue weighted by atomic mass is 16.1. The minimum atomic E-state index is 0.308. The van der Waals surface area contributed by atoms with Crippen LogP contribution in [-0.2, 0) is 4.79 Å². The molecule has 20 heavy (non-hydrogen) atoms. The summed E-state index contributed by atoms with van der Waals surface area (Å²) >= 11 is 0. The molecule has 112 valence electrons. The first-order valence-corrected chi connectivity index (χ1v) is 8.98. The summed E-state index contributed by atoms with van der Waals surface area (Å²) < 4.78 is 0. The van der Waals surface area contributed by atoms with Gasteiger partial charge in [0.15, 0.2) is 0 Å². The normalized spacial score (nSPS) is 51.5. The molecular formula is C18H29NO. The summed E-state index contributed by atoms with van der Waals surface area (Å²) in [6, 6.07) is 0.515. The molecule has 0 bridgehead atoms. The number of fused-ring (bicyclic) bond motifs is 5. The van der Waals surface area contributed by atoms with E-state index in [1.807, 2.05) is 0 Å². The first kappa shape index (κ1) is 13.2. The molecule has 3 saturated carbocycles. The van der Waals surface area contributed by atoms with E-state index in [4.69, 9.17) is 0 Å². The van der Waals surface area contributed by atoms with Gasteiger partial charge in [-0.3, -0.25) is 4.79 Å². The second-order valence-corrected chi connectivity index (χ2v) is 8.25. The maximum absolute atomic E-state index is 11.7. The van der Waals surface area contributed by atoms with Crippen LogP contribution in [0.2, 0.25) is 0 Å². The van der Waals surface area contributed by atoms with Gasteiger partial charge in [-0.25, -0.2) is 0 Å². The van der Waals surface area contributed by atoms with Crippen molar-refractivity contribution in [2.75, 3.05) is 0 Å². The quantitative estimate of drug-likeness (QED) is 0.714. The van der Waals surface area contributed by atoms with Gasteiger partial charge in [0.2, 0.25) is 5.91 Å². The Morgan fingerprint density at radius 3 is 2.80 bits per heavy atom. The van der Waals surface area contributed by atoms with Gasteiger partial charge in [0, 0.05) is 12.5 Å². The molecule has 2 heteroatoms. The predicted octanol–water partition coefficient (Wildman–Crippen LogP) is 3.90. The second-order valence-electron chi connectivity index (χ2n) is 8.25. The van der Waals surface area contributed by atoms with Gasteiger partial charge in [0.1, 0.15) is 0 Å². The van der Waals surface area contributed by atoms with Gasteiger partial charge in [0.25, 0.3) is 0 Å². The van der Waals surface area contributed by atoms with E-state index in [9.17, 15) is 4.79 Å². The van der Waals surface area contributed by atoms with Gasteiger partial charge < -0.3 is 5.32 Å². The number of amides is 1. The summed E-state index contributed by atoms with van der Waals surface area (Å²) in [5.74, 6) is 3.98. The minimum absolute atomic E-state index is 0.308. The first-order valence-electron chi connectivity index (χ1n) is 8.98. The number of hydrogen-bond acceptors (Lipinski definition) is 1. The van der Waals surface area contributed by atoms with E-state index in [2.05, 4.69) is 12.2 Å². The van der Waals surface area contributed by atoms with Crippen LogP contribution in [0.1, 0.15) is 71.1 Å². The summed E-state index contributed by atoms with van der Waals surface area (Å²) in [7, 11) is 0. The fourth-order valence-corrected chi connectivity index (χ4v) is 6.58. The van der Waals surface area contributed by atoms with Crippen molar-refractivity contribution in [2.45, 2.75) is 77.2 Å². The summed E-state index contributed by atoms with van der Waals surface area (Å²) in [5.41, 5.74) is 0.633. The molecule has 4 rings (SSSR count). The Labute approximate surface area is 123 Å². The molecule has 1 aliphatic heterocycles. The maximum atomic E-state index is 11.7. The van der Waals surface area contributed by atoms with E-state index in [0.29, 0.717) is 17.4 Å². The van der Waals surface area contributed by atoms with Crippen LogP contribution >= 0.6 is 0 Å². The van der Waals surface area contributed by atoms with Gasteiger partial charge in [-0.05, 0) is 74.0 Å². The van der Waals surface area contributed by atoms with Crippen molar-refractivity contribution in [1.82, 2.24) is 5.32 Å². The Kier molecular flexibility index (Phi) is 3.12. The molecule has 6 atom stereocenters. The van der Waals surface area contributed by atoms with Crippen LogP contribution < -0.4 is 5.32 Å². The molecule has 4 fully saturated rings. The lowest BCUT2D eigenvalue weighted by Gasteiger charge is -2.59. The number of nitrogens with one attached hydrogen (secondary N) is 1. The fraction of sp³-hybridized carbons (Fsp3) is 0.944. The number of hydrogen-bond donors (Lipinski definition) is 1. The number of rotatable bonds is 0. The fourth-order valence-electron chi connectivity index (χ4n) is 6.58. The molecule has 0 aromatic carbocycles. The molecule has 0 aromatic heterocycles. The van der Waals surface area contributed by atoms with E-state index in [0.717, 1.165) is 30.1 Å². The molecule has 0 spiro atoms. The molecule has 3 aliphatic carbocycles. The molecule has 0 radical (unpaired) electrons. The zero-order chi connectivity index (χ0) is 13.7. The van der Waals surface area contributed by atoms with Crippen LogP contribution in [-0.4, -0.2) is 11.9 Å². The Bertz CT molecular complexity index is 406. The third kappa shape index (κ3) is 1.86. The molecule has 1 N–H and O–H groups in total. The predicted molar refractivity (Wildman–Crippen MR) is 80.2 cm³/mol. The zero-order valence-corrected chi connectivity index (χ0v) is 12.9. The molecule has 0 aromatic rings. The van der Waals surface area contributed by atoms with E-state index in [1.54, 1.807) is 0 Å². The molecule has 6 unspecified atom stereocenters. The number of carbonyl (C=O) groups is 1. The molecule has 2 nitrogen and oxygen atoms in total. The van der Waals surface area contributed by atoms with Gasteiger partial charge in [-0.2, -0.15) is 0 Å². The van der Waals surface area contributed by atoms with Gasteiger partial charge in [0.05, 0.1) is 0 Å². The van der Waals surface area contributed by atoms with Crippen molar-refractivity contribution in [2.24, 2.45) is 29.1 Å². The third-order valence-corrected chi connectivity index (χ3v) is 7.57. The van der Waals surface area contributed by atoms with Crippen molar-refractivity contribution >= 4 is 5.91 Å². The first-order chi connectivity index (χ1) is 9.68. The zero-order valence-electron chi connectivity index (χ0n) is 12.9. The van der Waals surface area contributed by atoms with Crippen molar-refractivity contribution in [3.63, 3.8) is 0 Å². The summed E-state index contributed by atoms with van der Waals surface area (Å²) in [6.45, 7) is 2.62. The Balaban J connectivity index is 1.59. The maximum Gasteiger partial charge on any atom is 0.220 e. The Hall–Kier alpha value is -0.530. The average Bonchev–Trinajstić information content (AvgIpc) is 2.45. The van der Waals surface area contributed by atoms with Gasteiger partial charge in [-0.15, -0.1) is 0 Å². The van der Waals surface area contributed by atoms with Crippen molar-refractivity contribution in [3.8, 4) is 0 Å². The summed E-state index contributed by atoms with van der Waals surface area (Å²) in [6.07, 6.45) is 13.4. The van der Waals surface area contributed by atoms with E-state index in [1.165, 1.54) is 57.8 Å². The van der Waals surface area contributed by atoms with E-state index < -0.39 is 0 Å². The lowest BCUT2D eigenvalue weighted by Crippen LogP contribution is -2.57. The third-order valence-electron chi connectivity index (χ3n) is 7.57. The van der Waals surface area contributed by atoms with E-state index in [-0.39, 0.29) is 0 Å². The highest BCUT2D eigenvalue weighted by molar-refractivity contribution is 5.77. The van der Waals surface area contributed by atoms with Gasteiger partial charge in [-0.1, -0.05) is 19.8 Å². The van der Waals surface area contributed by atoms with Crippen LogP contribution in [0.25, 0.3) is 0 Å². The number of carbonyl (C=O) groups excluding carboxylic acids is 1. The lowest BCUT2D eigenvalue weighted by molar-refractivity contribution is -0.130. The van der Waals surface area contributed by atoms with Crippen molar-refractivity contribution in [3.05, 3.63) is 0 Å². The lowest BCUT2D eigenvalue weighted by atomic mass is 9.47. The highest BCUT2D eigenvalue weighted by Crippen LogP contribution is 2.60. The van der Waals surface area contributed by atoms with E-state index >= 15 is 0 Å².